The number of benzene rings is 1. The van der Waals surface area contributed by atoms with Crippen LogP contribution in [0.25, 0.3) is 0 Å². The van der Waals surface area contributed by atoms with Crippen LogP contribution < -0.4 is 10.2 Å². The lowest BCUT2D eigenvalue weighted by atomic mass is 10.3. The molecule has 0 saturated carbocycles. The fraction of sp³-hybridized carbons (Fsp3) is 0.250. The van der Waals surface area contributed by atoms with Crippen molar-refractivity contribution in [3.63, 3.8) is 0 Å². The lowest BCUT2D eigenvalue weighted by molar-refractivity contribution is 0.112. The first-order chi connectivity index (χ1) is 11.2. The van der Waals surface area contributed by atoms with Crippen molar-refractivity contribution in [2.24, 2.45) is 0 Å². The van der Waals surface area contributed by atoms with Gasteiger partial charge in [-0.2, -0.15) is 0 Å². The van der Waals surface area contributed by atoms with Crippen LogP contribution in [0.4, 0.5) is 15.1 Å². The van der Waals surface area contributed by atoms with Crippen LogP contribution in [0.5, 0.6) is 0 Å². The molecule has 1 aromatic carbocycles. The van der Waals surface area contributed by atoms with Gasteiger partial charge in [-0.05, 0) is 48.6 Å². The number of hydrogen-bond acceptors (Lipinski definition) is 4. The van der Waals surface area contributed by atoms with Crippen LogP contribution in [0.15, 0.2) is 36.4 Å². The maximum atomic E-state index is 12.9. The van der Waals surface area contributed by atoms with Crippen LogP contribution in [-0.4, -0.2) is 42.5 Å². The third kappa shape index (κ3) is 3.86. The predicted octanol–water partition coefficient (Wildman–Crippen LogP) is 3.22. The highest BCUT2D eigenvalue weighted by atomic mass is 32.1. The minimum Gasteiger partial charge on any atom is -0.360 e. The average Bonchev–Trinajstić information content (AvgIpc) is 3.06. The Morgan fingerprint density at radius 3 is 2.43 bits per heavy atom. The summed E-state index contributed by atoms with van der Waals surface area (Å²) in [5, 5.41) is 4.90. The molecule has 0 unspecified atom stereocenters. The van der Waals surface area contributed by atoms with Gasteiger partial charge >= 0.3 is 0 Å². The van der Waals surface area contributed by atoms with Crippen molar-refractivity contribution < 1.29 is 9.18 Å². The van der Waals surface area contributed by atoms with E-state index in [1.165, 1.54) is 23.5 Å². The fourth-order valence-electron chi connectivity index (χ4n) is 2.44. The van der Waals surface area contributed by atoms with Gasteiger partial charge in [-0.3, -0.25) is 4.79 Å². The van der Waals surface area contributed by atoms with Gasteiger partial charge in [0.05, 0.1) is 9.88 Å². The molecular formula is C16H16FN3OS2. The van der Waals surface area contributed by atoms with E-state index in [4.69, 9.17) is 12.2 Å². The van der Waals surface area contributed by atoms with E-state index in [-0.39, 0.29) is 5.82 Å². The summed E-state index contributed by atoms with van der Waals surface area (Å²) in [6.07, 6.45) is 0.881. The molecule has 7 heteroatoms. The van der Waals surface area contributed by atoms with Crippen LogP contribution in [0, 0.1) is 5.82 Å². The maximum Gasteiger partial charge on any atom is 0.173 e. The topological polar surface area (TPSA) is 35.6 Å². The largest absolute Gasteiger partial charge is 0.360 e. The molecule has 1 aromatic heterocycles. The molecule has 2 aromatic rings. The van der Waals surface area contributed by atoms with Crippen molar-refractivity contribution in [1.29, 1.82) is 0 Å². The molecule has 2 heterocycles. The molecular weight excluding hydrogens is 333 g/mol. The summed E-state index contributed by atoms with van der Waals surface area (Å²) in [5.74, 6) is -0.263. The predicted molar refractivity (Wildman–Crippen MR) is 96.1 cm³/mol. The van der Waals surface area contributed by atoms with Crippen molar-refractivity contribution in [3.8, 4) is 0 Å². The number of carbonyl (C=O) groups is 1. The zero-order chi connectivity index (χ0) is 16.2. The first-order valence-electron chi connectivity index (χ1n) is 7.27. The van der Waals surface area contributed by atoms with Gasteiger partial charge in [0, 0.05) is 31.9 Å². The summed E-state index contributed by atoms with van der Waals surface area (Å²) in [4.78, 5) is 15.9. The maximum absolute atomic E-state index is 12.9. The Hall–Kier alpha value is -1.99. The molecule has 1 aliphatic rings. The fourth-order valence-corrected chi connectivity index (χ4v) is 3.62. The van der Waals surface area contributed by atoms with E-state index in [9.17, 15) is 9.18 Å². The normalized spacial score (nSPS) is 14.7. The van der Waals surface area contributed by atoms with Crippen molar-refractivity contribution >= 4 is 45.6 Å². The number of aldehydes is 1. The second-order valence-electron chi connectivity index (χ2n) is 5.20. The van der Waals surface area contributed by atoms with E-state index in [1.54, 1.807) is 12.1 Å². The minimum absolute atomic E-state index is 0.263. The molecule has 0 bridgehead atoms. The van der Waals surface area contributed by atoms with Gasteiger partial charge in [-0.25, -0.2) is 4.39 Å². The first kappa shape index (κ1) is 15.9. The Kier molecular flexibility index (Phi) is 4.88. The molecule has 4 nitrogen and oxygen atoms in total. The van der Waals surface area contributed by atoms with E-state index < -0.39 is 0 Å². The Morgan fingerprint density at radius 2 is 1.83 bits per heavy atom. The molecule has 0 spiro atoms. The molecule has 23 heavy (non-hydrogen) atoms. The summed E-state index contributed by atoms with van der Waals surface area (Å²) >= 11 is 6.93. The van der Waals surface area contributed by atoms with Gasteiger partial charge in [0.2, 0.25) is 0 Å². The molecule has 1 aliphatic heterocycles. The number of hydrogen-bond donors (Lipinski definition) is 1. The number of rotatable bonds is 3. The smallest absolute Gasteiger partial charge is 0.173 e. The van der Waals surface area contributed by atoms with E-state index in [0.717, 1.165) is 48.0 Å². The first-order valence-corrected chi connectivity index (χ1v) is 8.49. The van der Waals surface area contributed by atoms with E-state index in [1.807, 2.05) is 12.1 Å². The standard InChI is InChI=1S/C16H16FN3OS2/c17-12-1-3-13(4-2-12)18-16(22)20-9-7-19(8-10-20)15-6-5-14(11-21)23-15/h1-6,11H,7-10H2,(H,18,22). The summed E-state index contributed by atoms with van der Waals surface area (Å²) in [6, 6.07) is 9.99. The van der Waals surface area contributed by atoms with Crippen LogP contribution in [-0.2, 0) is 0 Å². The number of carbonyl (C=O) groups excluding carboxylic acids is 1. The van der Waals surface area contributed by atoms with Crippen molar-refractivity contribution in [1.82, 2.24) is 4.90 Å². The Balaban J connectivity index is 1.54. The highest BCUT2D eigenvalue weighted by Crippen LogP contribution is 2.26. The summed E-state index contributed by atoms with van der Waals surface area (Å²) in [6.45, 7) is 3.32. The molecule has 1 fully saturated rings. The summed E-state index contributed by atoms with van der Waals surface area (Å²) < 4.78 is 12.9. The van der Waals surface area contributed by atoms with Gasteiger partial charge in [0.25, 0.3) is 0 Å². The van der Waals surface area contributed by atoms with Gasteiger partial charge in [0.15, 0.2) is 11.4 Å². The van der Waals surface area contributed by atoms with E-state index >= 15 is 0 Å². The molecule has 0 aliphatic carbocycles. The van der Waals surface area contributed by atoms with Crippen molar-refractivity contribution in [2.75, 3.05) is 36.4 Å². The quantitative estimate of drug-likeness (QED) is 0.680. The Morgan fingerprint density at radius 1 is 1.13 bits per heavy atom. The molecule has 120 valence electrons. The Labute approximate surface area is 143 Å². The second-order valence-corrected chi connectivity index (χ2v) is 6.69. The molecule has 0 amide bonds. The summed E-state index contributed by atoms with van der Waals surface area (Å²) in [7, 11) is 0. The second kappa shape index (κ2) is 7.06. The number of thiocarbonyl (C=S) groups is 1. The van der Waals surface area contributed by atoms with E-state index in [2.05, 4.69) is 15.1 Å². The SMILES string of the molecule is O=Cc1ccc(N2CCN(C(=S)Nc3ccc(F)cc3)CC2)s1. The molecule has 0 radical (unpaired) electrons. The highest BCUT2D eigenvalue weighted by Gasteiger charge is 2.20. The number of anilines is 2. The summed E-state index contributed by atoms with van der Waals surface area (Å²) in [5.41, 5.74) is 0.785. The van der Waals surface area contributed by atoms with Crippen LogP contribution in [0.2, 0.25) is 0 Å². The third-order valence-corrected chi connectivity index (χ3v) is 5.13. The van der Waals surface area contributed by atoms with Gasteiger partial charge in [0.1, 0.15) is 5.82 Å². The third-order valence-electron chi connectivity index (χ3n) is 3.70. The van der Waals surface area contributed by atoms with E-state index in [0.29, 0.717) is 5.11 Å². The number of nitrogens with one attached hydrogen (secondary N) is 1. The molecule has 1 N–H and O–H groups in total. The molecule has 0 atom stereocenters. The number of halogens is 1. The minimum atomic E-state index is -0.263. The average molecular weight is 349 g/mol. The van der Waals surface area contributed by atoms with Crippen molar-refractivity contribution in [3.05, 3.63) is 47.1 Å². The molecule has 1 saturated heterocycles. The Bertz CT molecular complexity index is 694. The van der Waals surface area contributed by atoms with Gasteiger partial charge in [-0.15, -0.1) is 11.3 Å². The van der Waals surface area contributed by atoms with Crippen molar-refractivity contribution in [2.45, 2.75) is 0 Å². The zero-order valence-electron chi connectivity index (χ0n) is 12.4. The lowest BCUT2D eigenvalue weighted by Crippen LogP contribution is -2.49. The zero-order valence-corrected chi connectivity index (χ0v) is 14.0. The van der Waals surface area contributed by atoms with Crippen LogP contribution in [0.1, 0.15) is 9.67 Å². The monoisotopic (exact) mass is 349 g/mol. The number of thiophene rings is 1. The van der Waals surface area contributed by atoms with Gasteiger partial charge < -0.3 is 15.1 Å². The number of piperazine rings is 1. The van der Waals surface area contributed by atoms with Crippen LogP contribution >= 0.6 is 23.6 Å². The lowest BCUT2D eigenvalue weighted by Gasteiger charge is -2.36. The van der Waals surface area contributed by atoms with Gasteiger partial charge in [-0.1, -0.05) is 0 Å². The molecule has 3 rings (SSSR count). The number of nitrogens with zero attached hydrogens (tertiary/aromatic N) is 2. The highest BCUT2D eigenvalue weighted by molar-refractivity contribution is 7.80. The van der Waals surface area contributed by atoms with Crippen LogP contribution in [0.3, 0.4) is 0 Å².